The summed E-state index contributed by atoms with van der Waals surface area (Å²) in [5.41, 5.74) is 0.690. The molecule has 10 heteroatoms. The highest BCUT2D eigenvalue weighted by Gasteiger charge is 2.32. The van der Waals surface area contributed by atoms with Crippen LogP contribution in [0.5, 0.6) is 0 Å². The molecule has 0 unspecified atom stereocenters. The molecule has 2 aromatic rings. The van der Waals surface area contributed by atoms with Gasteiger partial charge in [0.1, 0.15) is 11.5 Å². The minimum absolute atomic E-state index is 0.0577. The van der Waals surface area contributed by atoms with Gasteiger partial charge in [0.25, 0.3) is 6.43 Å². The summed E-state index contributed by atoms with van der Waals surface area (Å²) in [7, 11) is 0. The van der Waals surface area contributed by atoms with E-state index in [0.29, 0.717) is 29.3 Å². The molecule has 1 saturated heterocycles. The molecule has 22 heavy (non-hydrogen) atoms. The highest BCUT2D eigenvalue weighted by Crippen LogP contribution is 2.32. The first-order chi connectivity index (χ1) is 10.5. The molecule has 1 N–H and O–H groups in total. The van der Waals surface area contributed by atoms with Gasteiger partial charge in [0.15, 0.2) is 5.01 Å². The van der Waals surface area contributed by atoms with Gasteiger partial charge in [0.2, 0.25) is 5.13 Å². The van der Waals surface area contributed by atoms with Gasteiger partial charge in [0, 0.05) is 12.6 Å². The number of urea groups is 1. The van der Waals surface area contributed by atoms with E-state index in [2.05, 4.69) is 20.7 Å². The lowest BCUT2D eigenvalue weighted by molar-refractivity contribution is 0.150. The van der Waals surface area contributed by atoms with Crippen LogP contribution in [0.2, 0.25) is 0 Å². The van der Waals surface area contributed by atoms with E-state index < -0.39 is 17.5 Å². The summed E-state index contributed by atoms with van der Waals surface area (Å²) < 4.78 is 30.0. The third kappa shape index (κ3) is 2.91. The number of alkyl halides is 2. The van der Waals surface area contributed by atoms with Crippen LogP contribution in [0.1, 0.15) is 41.8 Å². The SMILES string of the molecule is Cc1cc([C@H]2CCCN2C(=O)Nc2nnc(C(F)F)s2)no1. The van der Waals surface area contributed by atoms with Crippen molar-refractivity contribution in [2.75, 3.05) is 11.9 Å². The molecular formula is C12H13F2N5O2S. The normalized spacial score (nSPS) is 18.2. The molecule has 0 aromatic carbocycles. The molecule has 0 radical (unpaired) electrons. The fourth-order valence-corrected chi connectivity index (χ4v) is 2.99. The van der Waals surface area contributed by atoms with Gasteiger partial charge in [-0.1, -0.05) is 16.5 Å². The van der Waals surface area contributed by atoms with E-state index >= 15 is 0 Å². The smallest absolute Gasteiger partial charge is 0.324 e. The molecule has 3 rings (SSSR count). The van der Waals surface area contributed by atoms with Crippen LogP contribution >= 0.6 is 11.3 Å². The number of halogens is 2. The summed E-state index contributed by atoms with van der Waals surface area (Å²) in [4.78, 5) is 13.9. The molecule has 0 saturated carbocycles. The van der Waals surface area contributed by atoms with Crippen LogP contribution < -0.4 is 5.32 Å². The third-order valence-corrected chi connectivity index (χ3v) is 4.19. The van der Waals surface area contributed by atoms with E-state index in [1.54, 1.807) is 17.9 Å². The Morgan fingerprint density at radius 3 is 3.00 bits per heavy atom. The Morgan fingerprint density at radius 2 is 2.36 bits per heavy atom. The van der Waals surface area contributed by atoms with Gasteiger partial charge in [-0.25, -0.2) is 13.6 Å². The minimum Gasteiger partial charge on any atom is -0.361 e. The maximum Gasteiger partial charge on any atom is 0.324 e. The van der Waals surface area contributed by atoms with Crippen molar-refractivity contribution in [3.8, 4) is 0 Å². The monoisotopic (exact) mass is 329 g/mol. The first kappa shape index (κ1) is 14.8. The number of carbonyl (C=O) groups excluding carboxylic acids is 1. The molecule has 1 fully saturated rings. The number of hydrogen-bond donors (Lipinski definition) is 1. The molecule has 0 spiro atoms. The highest BCUT2D eigenvalue weighted by atomic mass is 32.1. The highest BCUT2D eigenvalue weighted by molar-refractivity contribution is 7.15. The lowest BCUT2D eigenvalue weighted by Gasteiger charge is -2.22. The average Bonchev–Trinajstić information content (AvgIpc) is 3.16. The van der Waals surface area contributed by atoms with Crippen molar-refractivity contribution in [3.63, 3.8) is 0 Å². The second kappa shape index (κ2) is 5.95. The number of hydrogen-bond acceptors (Lipinski definition) is 6. The van der Waals surface area contributed by atoms with Crippen LogP contribution in [0.25, 0.3) is 0 Å². The zero-order valence-electron chi connectivity index (χ0n) is 11.6. The Labute approximate surface area is 128 Å². The summed E-state index contributed by atoms with van der Waals surface area (Å²) >= 11 is 0.664. The van der Waals surface area contributed by atoms with Crippen molar-refractivity contribution in [2.24, 2.45) is 0 Å². The first-order valence-corrected chi connectivity index (χ1v) is 7.48. The van der Waals surface area contributed by atoms with Gasteiger partial charge in [-0.3, -0.25) is 5.32 Å². The van der Waals surface area contributed by atoms with Gasteiger partial charge in [0.05, 0.1) is 6.04 Å². The van der Waals surface area contributed by atoms with Crippen molar-refractivity contribution in [3.05, 3.63) is 22.5 Å². The first-order valence-electron chi connectivity index (χ1n) is 6.67. The fraction of sp³-hybridized carbons (Fsp3) is 0.500. The number of likely N-dealkylation sites (tertiary alicyclic amines) is 1. The number of rotatable bonds is 3. The molecule has 118 valence electrons. The molecule has 2 aromatic heterocycles. The molecule has 7 nitrogen and oxygen atoms in total. The van der Waals surface area contributed by atoms with Gasteiger partial charge in [-0.2, -0.15) is 0 Å². The lowest BCUT2D eigenvalue weighted by Crippen LogP contribution is -2.34. The van der Waals surface area contributed by atoms with Crippen LogP contribution in [-0.2, 0) is 0 Å². The molecule has 1 atom stereocenters. The van der Waals surface area contributed by atoms with Crippen LogP contribution in [0.15, 0.2) is 10.6 Å². The third-order valence-electron chi connectivity index (χ3n) is 3.34. The van der Waals surface area contributed by atoms with Gasteiger partial charge in [-0.15, -0.1) is 10.2 Å². The number of anilines is 1. The number of amides is 2. The van der Waals surface area contributed by atoms with Crippen LogP contribution in [0.3, 0.4) is 0 Å². The lowest BCUT2D eigenvalue weighted by atomic mass is 10.1. The Bertz CT molecular complexity index is 674. The van der Waals surface area contributed by atoms with E-state index in [0.717, 1.165) is 12.8 Å². The Balaban J connectivity index is 1.70. The van der Waals surface area contributed by atoms with Crippen molar-refractivity contribution in [1.82, 2.24) is 20.3 Å². The van der Waals surface area contributed by atoms with Crippen molar-refractivity contribution in [2.45, 2.75) is 32.2 Å². The van der Waals surface area contributed by atoms with Gasteiger partial charge >= 0.3 is 6.03 Å². The molecular weight excluding hydrogens is 316 g/mol. The second-order valence-corrected chi connectivity index (χ2v) is 5.90. The minimum atomic E-state index is -2.69. The summed E-state index contributed by atoms with van der Waals surface area (Å²) in [5.74, 6) is 0.674. The topological polar surface area (TPSA) is 84.2 Å². The number of aromatic nitrogens is 3. The standard InChI is InChI=1S/C12H13F2N5O2S/c1-6-5-7(18-21-6)8-3-2-4-19(8)12(20)15-11-17-16-10(22-11)9(13)14/h5,8-9H,2-4H2,1H3,(H,15,17,20)/t8-/m1/s1. The second-order valence-electron chi connectivity index (χ2n) is 4.89. The zero-order valence-corrected chi connectivity index (χ0v) is 12.4. The predicted octanol–water partition coefficient (Wildman–Crippen LogP) is 3.14. The molecule has 2 amide bonds. The summed E-state index contributed by atoms with van der Waals surface area (Å²) in [6, 6.07) is 1.20. The molecule has 0 aliphatic carbocycles. The molecule has 0 bridgehead atoms. The van der Waals surface area contributed by atoms with Crippen LogP contribution in [-0.4, -0.2) is 32.8 Å². The Morgan fingerprint density at radius 1 is 1.55 bits per heavy atom. The maximum absolute atomic E-state index is 12.5. The molecule has 3 heterocycles. The predicted molar refractivity (Wildman–Crippen MR) is 73.8 cm³/mol. The number of nitrogens with zero attached hydrogens (tertiary/aromatic N) is 4. The van der Waals surface area contributed by atoms with Crippen LogP contribution in [0.4, 0.5) is 18.7 Å². The van der Waals surface area contributed by atoms with Crippen molar-refractivity contribution < 1.29 is 18.1 Å². The van der Waals surface area contributed by atoms with Crippen LogP contribution in [0, 0.1) is 6.92 Å². The van der Waals surface area contributed by atoms with E-state index in [9.17, 15) is 13.6 Å². The molecule has 1 aliphatic rings. The van der Waals surface area contributed by atoms with Crippen molar-refractivity contribution >= 4 is 22.5 Å². The summed E-state index contributed by atoms with van der Waals surface area (Å²) in [6.07, 6.45) is -1.08. The number of carbonyl (C=O) groups is 1. The quantitative estimate of drug-likeness (QED) is 0.935. The largest absolute Gasteiger partial charge is 0.361 e. The summed E-state index contributed by atoms with van der Waals surface area (Å²) in [6.45, 7) is 2.34. The van der Waals surface area contributed by atoms with Crippen molar-refractivity contribution in [1.29, 1.82) is 0 Å². The van der Waals surface area contributed by atoms with E-state index in [-0.39, 0.29) is 11.2 Å². The Hall–Kier alpha value is -2.10. The van der Waals surface area contributed by atoms with Gasteiger partial charge < -0.3 is 9.42 Å². The summed E-state index contributed by atoms with van der Waals surface area (Å²) in [5, 5.41) is 13.0. The number of nitrogens with one attached hydrogen (secondary N) is 1. The van der Waals surface area contributed by atoms with Gasteiger partial charge in [-0.05, 0) is 19.8 Å². The molecule has 1 aliphatic heterocycles. The number of aryl methyl sites for hydroxylation is 1. The average molecular weight is 329 g/mol. The maximum atomic E-state index is 12.5. The van der Waals surface area contributed by atoms with E-state index in [1.807, 2.05) is 0 Å². The van der Waals surface area contributed by atoms with E-state index in [4.69, 9.17) is 4.52 Å². The Kier molecular flexibility index (Phi) is 4.01. The zero-order chi connectivity index (χ0) is 15.7. The van der Waals surface area contributed by atoms with E-state index in [1.165, 1.54) is 0 Å². The fourth-order valence-electron chi connectivity index (χ4n) is 2.40.